The van der Waals surface area contributed by atoms with Crippen LogP contribution in [0.5, 0.6) is 0 Å². The lowest BCUT2D eigenvalue weighted by molar-refractivity contribution is -0.145. The molecule has 0 aromatic rings. The van der Waals surface area contributed by atoms with Crippen LogP contribution in [0.3, 0.4) is 0 Å². The van der Waals surface area contributed by atoms with Gasteiger partial charge >= 0.3 is 23.9 Å². The van der Waals surface area contributed by atoms with Crippen molar-refractivity contribution in [2.45, 2.75) is 349 Å². The molecule has 0 radical (unpaired) electrons. The Morgan fingerprint density at radius 2 is 0.556 bits per heavy atom. The molecule has 0 spiro atoms. The van der Waals surface area contributed by atoms with E-state index in [4.69, 9.17) is 18.9 Å². The van der Waals surface area contributed by atoms with Crippen molar-refractivity contribution in [3.05, 3.63) is 0 Å². The molecule has 0 aromatic carbocycles. The first-order valence-electron chi connectivity index (χ1n) is 35.6. The van der Waals surface area contributed by atoms with Gasteiger partial charge in [0.2, 0.25) is 0 Å². The van der Waals surface area contributed by atoms with Gasteiger partial charge in [0, 0.05) is 51.9 Å². The summed E-state index contributed by atoms with van der Waals surface area (Å²) in [6, 6.07) is 0. The van der Waals surface area contributed by atoms with Crippen molar-refractivity contribution < 1.29 is 38.1 Å². The van der Waals surface area contributed by atoms with E-state index < -0.39 is 0 Å². The Labute approximate surface area is 502 Å². The molecular formula is C70H137N3O8. The third kappa shape index (κ3) is 63.6. The van der Waals surface area contributed by atoms with Gasteiger partial charge in [0.15, 0.2) is 0 Å². The van der Waals surface area contributed by atoms with Gasteiger partial charge in [0.05, 0.1) is 26.4 Å². The number of unbranched alkanes of at least 4 members (excludes halogenated alkanes) is 36. The standard InChI is InChI=1S/C70H137N3O8/c1-5-9-12-15-18-21-24-27-30-33-36-39-42-63-79-68(75)51-45-49-66(50-46-52-69(76)80-64-43-40-37-34-31-28-25-22-19-16-13-10-6-2)55-56-71-57-58-72-59-62-73(60-47-53-67(74)78-8-4)61-48-54-70(77)81-65-44-41-38-35-32-29-26-23-20-17-14-11-7-3/h66,71-72H,5-65H2,1-4H3. The van der Waals surface area contributed by atoms with Crippen LogP contribution in [0.25, 0.3) is 0 Å². The van der Waals surface area contributed by atoms with E-state index in [1.54, 1.807) is 0 Å². The number of carbonyl (C=O) groups is 4. The minimum absolute atomic E-state index is 0.0795. The van der Waals surface area contributed by atoms with Crippen molar-refractivity contribution in [3.63, 3.8) is 0 Å². The summed E-state index contributed by atoms with van der Waals surface area (Å²) in [5, 5.41) is 7.22. The highest BCUT2D eigenvalue weighted by atomic mass is 16.5. The van der Waals surface area contributed by atoms with Crippen molar-refractivity contribution in [2.24, 2.45) is 5.92 Å². The minimum atomic E-state index is -0.156. The number of rotatable bonds is 68. The third-order valence-corrected chi connectivity index (χ3v) is 16.3. The number of carbonyl (C=O) groups excluding carboxylic acids is 4. The van der Waals surface area contributed by atoms with Gasteiger partial charge in [-0.1, -0.05) is 252 Å². The fourth-order valence-corrected chi connectivity index (χ4v) is 11.1. The number of esters is 4. The molecule has 0 saturated carbocycles. The lowest BCUT2D eigenvalue weighted by Crippen LogP contribution is -2.36. The van der Waals surface area contributed by atoms with Crippen LogP contribution < -0.4 is 10.6 Å². The minimum Gasteiger partial charge on any atom is -0.466 e. The molecule has 0 amide bonds. The molecule has 0 unspecified atom stereocenters. The average molecular weight is 1150 g/mol. The van der Waals surface area contributed by atoms with Gasteiger partial charge in [-0.25, -0.2) is 0 Å². The van der Waals surface area contributed by atoms with E-state index in [1.807, 2.05) is 6.92 Å². The maximum atomic E-state index is 12.7. The maximum absolute atomic E-state index is 12.7. The summed E-state index contributed by atoms with van der Waals surface area (Å²) in [5.41, 5.74) is 0. The van der Waals surface area contributed by atoms with Crippen LogP contribution in [-0.4, -0.2) is 101 Å². The SMILES string of the molecule is CCCCCCCCCCCCCCCOC(=O)CCCC(CCCC(=O)OCCCCCCCCCCCCCCC)CCNCCNCCN(CCCC(=O)OCC)CCCC(=O)OCCCCCCCCCCCCCCC. The summed E-state index contributed by atoms with van der Waals surface area (Å²) in [7, 11) is 0. The summed E-state index contributed by atoms with van der Waals surface area (Å²) in [6.07, 6.45) is 58.4. The van der Waals surface area contributed by atoms with Crippen molar-refractivity contribution >= 4 is 23.9 Å². The molecule has 0 rings (SSSR count). The molecule has 2 N–H and O–H groups in total. The zero-order chi connectivity index (χ0) is 58.8. The van der Waals surface area contributed by atoms with E-state index in [9.17, 15) is 19.2 Å². The Morgan fingerprint density at radius 3 is 0.864 bits per heavy atom. The van der Waals surface area contributed by atoms with Gasteiger partial charge in [-0.05, 0) is 96.7 Å². The molecule has 0 heterocycles. The van der Waals surface area contributed by atoms with Crippen molar-refractivity contribution in [2.75, 3.05) is 72.2 Å². The summed E-state index contributed by atoms with van der Waals surface area (Å²) in [6.45, 7) is 16.4. The van der Waals surface area contributed by atoms with Gasteiger partial charge in [-0.3, -0.25) is 19.2 Å². The summed E-state index contributed by atoms with van der Waals surface area (Å²) < 4.78 is 22.0. The molecule has 0 aliphatic heterocycles. The first-order valence-corrected chi connectivity index (χ1v) is 35.6. The van der Waals surface area contributed by atoms with Crippen molar-refractivity contribution in [3.8, 4) is 0 Å². The number of hydrogen-bond donors (Lipinski definition) is 2. The normalized spacial score (nSPS) is 11.5. The van der Waals surface area contributed by atoms with Crippen molar-refractivity contribution in [1.29, 1.82) is 0 Å². The molecule has 0 aliphatic carbocycles. The monoisotopic (exact) mass is 1150 g/mol. The quantitative estimate of drug-likeness (QED) is 0.0343. The average Bonchev–Trinajstić information content (AvgIpc) is 3.45. The predicted octanol–water partition coefficient (Wildman–Crippen LogP) is 18.8. The summed E-state index contributed by atoms with van der Waals surface area (Å²) >= 11 is 0. The molecule has 0 bridgehead atoms. The van der Waals surface area contributed by atoms with E-state index in [-0.39, 0.29) is 23.9 Å². The Kier molecular flexibility index (Phi) is 65.0. The number of hydrogen-bond acceptors (Lipinski definition) is 11. The predicted molar refractivity (Wildman–Crippen MR) is 343 cm³/mol. The topological polar surface area (TPSA) is 132 Å². The van der Waals surface area contributed by atoms with Gasteiger partial charge in [0.25, 0.3) is 0 Å². The fraction of sp³-hybridized carbons (Fsp3) is 0.943. The van der Waals surface area contributed by atoms with E-state index >= 15 is 0 Å². The Morgan fingerprint density at radius 1 is 0.284 bits per heavy atom. The Balaban J connectivity index is 4.65. The van der Waals surface area contributed by atoms with E-state index in [0.29, 0.717) is 58.0 Å². The van der Waals surface area contributed by atoms with E-state index in [0.717, 1.165) is 129 Å². The molecule has 480 valence electrons. The van der Waals surface area contributed by atoms with Crippen LogP contribution in [0.15, 0.2) is 0 Å². The van der Waals surface area contributed by atoms with Crippen LogP contribution in [0.4, 0.5) is 0 Å². The Bertz CT molecular complexity index is 1270. The zero-order valence-corrected chi connectivity index (χ0v) is 54.4. The lowest BCUT2D eigenvalue weighted by Gasteiger charge is -2.22. The smallest absolute Gasteiger partial charge is 0.305 e. The second kappa shape index (κ2) is 66.9. The van der Waals surface area contributed by atoms with Gasteiger partial charge in [-0.15, -0.1) is 0 Å². The third-order valence-electron chi connectivity index (χ3n) is 16.3. The van der Waals surface area contributed by atoms with Gasteiger partial charge in [0.1, 0.15) is 0 Å². The van der Waals surface area contributed by atoms with Crippen LogP contribution in [0.2, 0.25) is 0 Å². The second-order valence-electron chi connectivity index (χ2n) is 24.2. The maximum Gasteiger partial charge on any atom is 0.305 e. The fourth-order valence-electron chi connectivity index (χ4n) is 11.1. The largest absolute Gasteiger partial charge is 0.466 e. The molecule has 0 fully saturated rings. The molecule has 11 heteroatoms. The van der Waals surface area contributed by atoms with Crippen LogP contribution in [-0.2, 0) is 38.1 Å². The molecule has 0 saturated heterocycles. The highest BCUT2D eigenvalue weighted by molar-refractivity contribution is 5.70. The van der Waals surface area contributed by atoms with E-state index in [1.165, 1.54) is 212 Å². The molecule has 0 aliphatic rings. The number of ether oxygens (including phenoxy) is 4. The number of nitrogens with zero attached hydrogens (tertiary/aromatic N) is 1. The first-order chi connectivity index (χ1) is 39.9. The highest BCUT2D eigenvalue weighted by Crippen LogP contribution is 2.21. The molecular weight excluding hydrogens is 1010 g/mol. The second-order valence-corrected chi connectivity index (χ2v) is 24.2. The van der Waals surface area contributed by atoms with Gasteiger partial charge in [-0.2, -0.15) is 0 Å². The molecule has 0 aromatic heterocycles. The summed E-state index contributed by atoms with van der Waals surface area (Å²) in [5.74, 6) is 0.000150. The Hall–Kier alpha value is -2.24. The number of nitrogens with one attached hydrogen (secondary N) is 2. The molecule has 81 heavy (non-hydrogen) atoms. The van der Waals surface area contributed by atoms with Crippen LogP contribution in [0, 0.1) is 5.92 Å². The highest BCUT2D eigenvalue weighted by Gasteiger charge is 2.14. The van der Waals surface area contributed by atoms with Crippen molar-refractivity contribution in [1.82, 2.24) is 15.5 Å². The molecule has 0 atom stereocenters. The van der Waals surface area contributed by atoms with Gasteiger partial charge < -0.3 is 34.5 Å². The van der Waals surface area contributed by atoms with E-state index in [2.05, 4.69) is 36.3 Å². The lowest BCUT2D eigenvalue weighted by atomic mass is 9.92. The summed E-state index contributed by atoms with van der Waals surface area (Å²) in [4.78, 5) is 52.4. The molecule has 11 nitrogen and oxygen atoms in total. The first kappa shape index (κ1) is 78.8. The zero-order valence-electron chi connectivity index (χ0n) is 54.4. The van der Waals surface area contributed by atoms with Crippen LogP contribution >= 0.6 is 0 Å². The van der Waals surface area contributed by atoms with Crippen LogP contribution in [0.1, 0.15) is 349 Å².